The lowest BCUT2D eigenvalue weighted by molar-refractivity contribution is 0.275. The topological polar surface area (TPSA) is 22.4 Å². The van der Waals surface area contributed by atoms with Crippen LogP contribution in [0.3, 0.4) is 0 Å². The monoisotopic (exact) mass is 284 g/mol. The largest absolute Gasteiger partial charge is 0.474 e. The van der Waals surface area contributed by atoms with E-state index in [1.54, 1.807) is 0 Å². The molecular weight excluding hydrogens is 256 g/mol. The molecule has 18 heavy (non-hydrogen) atoms. The van der Waals surface area contributed by atoms with Crippen molar-refractivity contribution in [3.05, 3.63) is 17.9 Å². The van der Waals surface area contributed by atoms with E-state index in [1.807, 2.05) is 6.26 Å². The van der Waals surface area contributed by atoms with Gasteiger partial charge in [-0.25, -0.2) is 0 Å². The van der Waals surface area contributed by atoms with Crippen LogP contribution in [0.4, 0.5) is 0 Å². The van der Waals surface area contributed by atoms with E-state index in [2.05, 4.69) is 59.6 Å². The van der Waals surface area contributed by atoms with Gasteiger partial charge in [-0.15, -0.1) is 0 Å². The maximum absolute atomic E-state index is 6.20. The standard InChI is InChI=1S/C14H28O2Si2/c1-14(2,3)18(7,8)16-11-12-9-13(15-10-12)17(4,5)6/h9-10H,11H2,1-8H3. The molecule has 0 aromatic carbocycles. The average molecular weight is 285 g/mol. The third-order valence-electron chi connectivity index (χ3n) is 3.80. The van der Waals surface area contributed by atoms with Gasteiger partial charge in [-0.3, -0.25) is 0 Å². The van der Waals surface area contributed by atoms with Crippen molar-refractivity contribution in [2.75, 3.05) is 0 Å². The minimum absolute atomic E-state index is 0.262. The van der Waals surface area contributed by atoms with E-state index < -0.39 is 16.4 Å². The lowest BCUT2D eigenvalue weighted by Crippen LogP contribution is -2.40. The molecule has 0 aliphatic heterocycles. The zero-order valence-corrected chi connectivity index (χ0v) is 15.2. The van der Waals surface area contributed by atoms with Gasteiger partial charge in [0.15, 0.2) is 8.32 Å². The van der Waals surface area contributed by atoms with Crippen molar-refractivity contribution < 1.29 is 8.84 Å². The van der Waals surface area contributed by atoms with Crippen molar-refractivity contribution in [2.45, 2.75) is 65.2 Å². The van der Waals surface area contributed by atoms with Crippen molar-refractivity contribution in [1.29, 1.82) is 0 Å². The maximum atomic E-state index is 6.20. The first kappa shape index (κ1) is 15.7. The van der Waals surface area contributed by atoms with E-state index in [0.29, 0.717) is 6.61 Å². The molecule has 0 radical (unpaired) electrons. The average Bonchev–Trinajstić information content (AvgIpc) is 2.60. The second kappa shape index (κ2) is 4.98. The van der Waals surface area contributed by atoms with Gasteiger partial charge in [0.1, 0.15) is 8.07 Å². The first-order valence-corrected chi connectivity index (χ1v) is 13.1. The molecule has 2 nitrogen and oxygen atoms in total. The molecule has 0 atom stereocenters. The van der Waals surface area contributed by atoms with Crippen molar-refractivity contribution >= 4 is 21.8 Å². The van der Waals surface area contributed by atoms with Gasteiger partial charge in [0.25, 0.3) is 0 Å². The molecule has 104 valence electrons. The highest BCUT2D eigenvalue weighted by atomic mass is 28.4. The maximum Gasteiger partial charge on any atom is 0.192 e. The Bertz CT molecular complexity index is 395. The highest BCUT2D eigenvalue weighted by Crippen LogP contribution is 2.37. The van der Waals surface area contributed by atoms with Gasteiger partial charge >= 0.3 is 0 Å². The molecule has 0 fully saturated rings. The Kier molecular flexibility index (Phi) is 4.35. The summed E-state index contributed by atoms with van der Waals surface area (Å²) in [7, 11) is -2.99. The summed E-state index contributed by atoms with van der Waals surface area (Å²) in [5.41, 5.74) is 1.18. The highest BCUT2D eigenvalue weighted by molar-refractivity contribution is 6.87. The summed E-state index contributed by atoms with van der Waals surface area (Å²) in [6.07, 6.45) is 1.86. The summed E-state index contributed by atoms with van der Waals surface area (Å²) in [5, 5.41) is 1.43. The molecule has 0 bridgehead atoms. The summed E-state index contributed by atoms with van der Waals surface area (Å²) in [5.74, 6) is 0. The van der Waals surface area contributed by atoms with E-state index >= 15 is 0 Å². The minimum Gasteiger partial charge on any atom is -0.474 e. The van der Waals surface area contributed by atoms with Gasteiger partial charge in [-0.05, 0) is 24.2 Å². The smallest absolute Gasteiger partial charge is 0.192 e. The summed E-state index contributed by atoms with van der Waals surface area (Å²) < 4.78 is 11.9. The molecule has 0 aliphatic rings. The zero-order valence-electron chi connectivity index (χ0n) is 13.2. The Labute approximate surface area is 114 Å². The molecule has 0 unspecified atom stereocenters. The van der Waals surface area contributed by atoms with Gasteiger partial charge in [-0.1, -0.05) is 40.4 Å². The van der Waals surface area contributed by atoms with Gasteiger partial charge in [0.05, 0.1) is 18.3 Å². The molecule has 0 saturated carbocycles. The molecule has 1 rings (SSSR count). The molecule has 0 saturated heterocycles. The zero-order chi connectivity index (χ0) is 14.2. The van der Waals surface area contributed by atoms with Gasteiger partial charge in [0, 0.05) is 5.56 Å². The molecule has 1 aromatic rings. The molecule has 4 heteroatoms. The summed E-state index contributed by atoms with van der Waals surface area (Å²) >= 11 is 0. The van der Waals surface area contributed by atoms with Gasteiger partial charge < -0.3 is 8.84 Å². The summed E-state index contributed by atoms with van der Waals surface area (Å²) in [6, 6.07) is 2.18. The Balaban J connectivity index is 2.68. The molecule has 0 aliphatic carbocycles. The van der Waals surface area contributed by atoms with Crippen LogP contribution in [0.1, 0.15) is 26.3 Å². The SMILES string of the molecule is CC(C)(C)[Si](C)(C)OCc1coc([Si](C)(C)C)c1. The fraction of sp³-hybridized carbons (Fsp3) is 0.714. The Morgan fingerprint density at radius 2 is 1.67 bits per heavy atom. The van der Waals surface area contributed by atoms with E-state index in [0.717, 1.165) is 5.38 Å². The Morgan fingerprint density at radius 1 is 1.11 bits per heavy atom. The van der Waals surface area contributed by atoms with Crippen molar-refractivity contribution in [1.82, 2.24) is 0 Å². The first-order valence-electron chi connectivity index (χ1n) is 6.65. The predicted molar refractivity (Wildman–Crippen MR) is 83.7 cm³/mol. The third-order valence-corrected chi connectivity index (χ3v) is 10.0. The van der Waals surface area contributed by atoms with Crippen LogP contribution in [0.5, 0.6) is 0 Å². The summed E-state index contributed by atoms with van der Waals surface area (Å²) in [4.78, 5) is 0. The van der Waals surface area contributed by atoms with E-state index in [4.69, 9.17) is 8.84 Å². The Hall–Kier alpha value is -0.326. The molecule has 0 amide bonds. The highest BCUT2D eigenvalue weighted by Gasteiger charge is 2.37. The fourth-order valence-corrected chi connectivity index (χ4v) is 3.32. The van der Waals surface area contributed by atoms with Gasteiger partial charge in [-0.2, -0.15) is 0 Å². The minimum atomic E-state index is -1.65. The van der Waals surface area contributed by atoms with Crippen LogP contribution >= 0.6 is 0 Å². The third kappa shape index (κ3) is 3.83. The predicted octanol–water partition coefficient (Wildman–Crippen LogP) is 4.35. The molecule has 1 heterocycles. The van der Waals surface area contributed by atoms with Crippen molar-refractivity contribution in [3.63, 3.8) is 0 Å². The van der Waals surface area contributed by atoms with Crippen LogP contribution in [0, 0.1) is 0 Å². The van der Waals surface area contributed by atoms with Crippen molar-refractivity contribution in [2.24, 2.45) is 0 Å². The lowest BCUT2D eigenvalue weighted by atomic mass is 10.2. The second-order valence-electron chi connectivity index (χ2n) is 7.62. The second-order valence-corrected chi connectivity index (χ2v) is 17.4. The van der Waals surface area contributed by atoms with Gasteiger partial charge in [0.2, 0.25) is 0 Å². The number of hydrogen-bond donors (Lipinski definition) is 0. The van der Waals surface area contributed by atoms with E-state index in [9.17, 15) is 0 Å². The van der Waals surface area contributed by atoms with Crippen LogP contribution in [-0.4, -0.2) is 16.4 Å². The molecule has 0 spiro atoms. The van der Waals surface area contributed by atoms with Crippen LogP contribution in [0.2, 0.25) is 37.8 Å². The van der Waals surface area contributed by atoms with E-state index in [-0.39, 0.29) is 5.04 Å². The first-order chi connectivity index (χ1) is 7.93. The molecular formula is C14H28O2Si2. The Morgan fingerprint density at radius 3 is 2.06 bits per heavy atom. The lowest BCUT2D eigenvalue weighted by Gasteiger charge is -2.36. The summed E-state index contributed by atoms with van der Waals surface area (Å²) in [6.45, 7) is 18.9. The normalized spacial score (nSPS) is 14.0. The van der Waals surface area contributed by atoms with Crippen molar-refractivity contribution in [3.8, 4) is 0 Å². The fourth-order valence-electron chi connectivity index (χ4n) is 1.32. The van der Waals surface area contributed by atoms with E-state index in [1.165, 1.54) is 5.56 Å². The van der Waals surface area contributed by atoms with Crippen LogP contribution in [0.15, 0.2) is 16.7 Å². The number of furan rings is 1. The quantitative estimate of drug-likeness (QED) is 0.767. The number of hydrogen-bond acceptors (Lipinski definition) is 2. The van der Waals surface area contributed by atoms with Crippen LogP contribution < -0.4 is 5.38 Å². The molecule has 1 aromatic heterocycles. The van der Waals surface area contributed by atoms with Crippen LogP contribution in [0.25, 0.3) is 0 Å². The molecule has 0 N–H and O–H groups in total. The van der Waals surface area contributed by atoms with Crippen LogP contribution in [-0.2, 0) is 11.0 Å². The number of rotatable bonds is 4.